The van der Waals surface area contributed by atoms with Gasteiger partial charge in [0.05, 0.1) is 57.0 Å². The van der Waals surface area contributed by atoms with E-state index in [0.717, 1.165) is 32.4 Å². The van der Waals surface area contributed by atoms with E-state index in [0.29, 0.717) is 133 Å². The summed E-state index contributed by atoms with van der Waals surface area (Å²) in [7, 11) is 0. The second-order valence-corrected chi connectivity index (χ2v) is 37.1. The summed E-state index contributed by atoms with van der Waals surface area (Å²) in [6.45, 7) is 29.8. The van der Waals surface area contributed by atoms with Crippen molar-refractivity contribution in [1.29, 1.82) is 0 Å². The number of carbonyl (C=O) groups excluding carboxylic acids is 9. The smallest absolute Gasteiger partial charge is 0.407 e. The number of benzene rings is 5. The molecule has 0 aliphatic heterocycles. The molecule has 10 heterocycles. The van der Waals surface area contributed by atoms with Crippen LogP contribution in [0.2, 0.25) is 0 Å². The number of hydrogen-bond acceptors (Lipinski definition) is 36. The number of alkyl carbamates (subject to hydrolysis) is 4. The zero-order chi connectivity index (χ0) is 98.8. The van der Waals surface area contributed by atoms with Gasteiger partial charge < -0.3 is 65.9 Å². The summed E-state index contributed by atoms with van der Waals surface area (Å²) in [5.74, 6) is -2.61. The minimum atomic E-state index is -0.623. The van der Waals surface area contributed by atoms with Crippen molar-refractivity contribution in [3.8, 4) is 0 Å². The number of aromatic nitrogens is 20. The molecule has 136 heavy (non-hydrogen) atoms. The third-order valence-corrected chi connectivity index (χ3v) is 21.6. The van der Waals surface area contributed by atoms with Crippen LogP contribution >= 0.6 is 58.8 Å². The molecule has 0 saturated heterocycles. The minimum absolute atomic E-state index is 0.165. The van der Waals surface area contributed by atoms with Gasteiger partial charge in [0.1, 0.15) is 72.2 Å². The minimum Gasteiger partial charge on any atom is -0.461 e. The van der Waals surface area contributed by atoms with Crippen molar-refractivity contribution in [3.63, 3.8) is 0 Å². The van der Waals surface area contributed by atoms with Gasteiger partial charge in [-0.05, 0) is 165 Å². The molecular weight excluding hydrogens is 1850 g/mol. The number of ether oxygens (including phenoxy) is 7. The lowest BCUT2D eigenvalue weighted by molar-refractivity contribution is 0.0501. The van der Waals surface area contributed by atoms with Gasteiger partial charge in [0.25, 0.3) is 11.8 Å². The number of thioether (sulfide) groups is 5. The van der Waals surface area contributed by atoms with Crippen molar-refractivity contribution in [2.75, 3.05) is 77.3 Å². The number of amides is 6. The molecule has 0 aliphatic carbocycles. The molecule has 42 nitrogen and oxygen atoms in total. The molecule has 0 bridgehead atoms. The van der Waals surface area contributed by atoms with Crippen LogP contribution in [-0.2, 0) is 59.3 Å². The van der Waals surface area contributed by atoms with Gasteiger partial charge in [0.15, 0.2) is 48.6 Å². The Balaban J connectivity index is 0.000000164. The van der Waals surface area contributed by atoms with E-state index in [1.807, 2.05) is 79.8 Å². The van der Waals surface area contributed by atoms with Crippen molar-refractivity contribution in [1.82, 2.24) is 120 Å². The molecule has 15 aromatic rings. The van der Waals surface area contributed by atoms with E-state index in [9.17, 15) is 43.2 Å². The number of primary amides is 2. The lowest BCUT2D eigenvalue weighted by atomic mass is 10.1. The van der Waals surface area contributed by atoms with Gasteiger partial charge >= 0.3 is 42.3 Å². The molecule has 0 saturated carbocycles. The number of carbonyl (C=O) groups is 9. The second kappa shape index (κ2) is 45.1. The first-order chi connectivity index (χ1) is 64.6. The van der Waals surface area contributed by atoms with E-state index in [1.165, 1.54) is 63.5 Å². The van der Waals surface area contributed by atoms with Crippen LogP contribution in [0.15, 0.2) is 117 Å². The number of rotatable bonds is 25. The van der Waals surface area contributed by atoms with Crippen LogP contribution in [0.4, 0.5) is 19.2 Å². The molecule has 47 heteroatoms. The van der Waals surface area contributed by atoms with E-state index in [4.69, 9.17) is 44.6 Å². The normalized spacial score (nSPS) is 11.6. The summed E-state index contributed by atoms with van der Waals surface area (Å²) < 4.78 is 42.7. The monoisotopic (exact) mass is 1950 g/mol. The van der Waals surface area contributed by atoms with Crippen LogP contribution in [0.1, 0.15) is 156 Å². The van der Waals surface area contributed by atoms with Gasteiger partial charge in [-0.15, -0.1) is 0 Å². The molecule has 0 unspecified atom stereocenters. The van der Waals surface area contributed by atoms with Gasteiger partial charge in [0, 0.05) is 111 Å². The Hall–Kier alpha value is -13.7. The SMILES string of the molecule is CCOC(=O)c1[nH]nc2c1ccc1cnc(SC)nc12.CCOC(=O)c1c2ccc3cnc(SC)nc3c2nn1CCNC(=O)OC(C)(C)C.CCOC(=O)c1nn(CCNC(=O)OC(C)(C)C)c2c1ccc1cnc(SC)nc12.CSc1ncc2ccc3c(C(N)=O)n(CCNC(=O)OC(C)(C)C)nc3c2n1.CSc1ncc2ccc3c(C(N)=O)nn(CCNC(=O)OC(C)(C)C)c3c2n1. The summed E-state index contributed by atoms with van der Waals surface area (Å²) in [6, 6.07) is 18.3. The van der Waals surface area contributed by atoms with E-state index in [1.54, 1.807) is 161 Å². The van der Waals surface area contributed by atoms with Crippen molar-refractivity contribution < 1.29 is 76.3 Å². The number of nitrogens with two attached hydrogens (primary N) is 2. The predicted octanol–water partition coefficient (Wildman–Crippen LogP) is 13.9. The Morgan fingerprint density at radius 1 is 0.338 bits per heavy atom. The number of nitrogens with one attached hydrogen (secondary N) is 5. The van der Waals surface area contributed by atoms with Gasteiger partial charge in [0.2, 0.25) is 0 Å². The van der Waals surface area contributed by atoms with Crippen LogP contribution < -0.4 is 32.7 Å². The summed E-state index contributed by atoms with van der Waals surface area (Å²) in [6.07, 6.45) is 16.1. The summed E-state index contributed by atoms with van der Waals surface area (Å²) in [4.78, 5) is 152. The lowest BCUT2D eigenvalue weighted by Crippen LogP contribution is -2.34. The molecule has 0 spiro atoms. The molecule has 10 aromatic heterocycles. The zero-order valence-electron chi connectivity index (χ0n) is 78.7. The van der Waals surface area contributed by atoms with Crippen LogP contribution in [-0.4, -0.2) is 253 Å². The maximum Gasteiger partial charge on any atom is 0.407 e. The fourth-order valence-corrected chi connectivity index (χ4v) is 15.1. The maximum absolute atomic E-state index is 12.7. The average molecular weight is 1960 g/mol. The van der Waals surface area contributed by atoms with E-state index in [2.05, 4.69) is 102 Å². The van der Waals surface area contributed by atoms with E-state index in [-0.39, 0.29) is 69.6 Å². The molecule has 718 valence electrons. The topological polar surface area (TPSA) is 547 Å². The van der Waals surface area contributed by atoms with E-state index < -0.39 is 76.5 Å². The van der Waals surface area contributed by atoms with Crippen LogP contribution in [0.25, 0.3) is 109 Å². The highest BCUT2D eigenvalue weighted by molar-refractivity contribution is 7.99. The van der Waals surface area contributed by atoms with E-state index >= 15 is 0 Å². The van der Waals surface area contributed by atoms with Crippen LogP contribution in [0.3, 0.4) is 0 Å². The third kappa shape index (κ3) is 26.1. The summed E-state index contributed by atoms with van der Waals surface area (Å²) in [5.41, 5.74) is 16.7. The van der Waals surface area contributed by atoms with Gasteiger partial charge in [-0.3, -0.25) is 33.4 Å². The van der Waals surface area contributed by atoms with Crippen molar-refractivity contribution >= 4 is 222 Å². The van der Waals surface area contributed by atoms with Crippen molar-refractivity contribution in [2.45, 2.75) is 178 Å². The molecule has 6 amide bonds. The lowest BCUT2D eigenvalue weighted by Gasteiger charge is -2.19. The standard InChI is InChI=1S/2C20H25N5O4S.2C18H22N6O3S.C13H12N4O2S/c1-6-28-17(26)15-13-8-7-12-11-22-18(30-5)23-14(12)16(13)25(24-15)10-9-21-19(27)29-20(2,3)4;1-6-28-17(26)16-13-8-7-12-11-22-18(30-5)23-14(12)15(13)24-25(16)10-9-21-19(27)29-20(2,3)4;1-18(2,3)27-17(26)20-7-8-24-14-11(13(23-24)15(19)25)6-5-10-9-21-16(28-4)22-12(10)14;1-18(2,3)27-17(26)20-7-8-24-14(15(19)25)11-6-5-10-9-21-16(28-4)22-12(10)13(11)23-24;1-3-19-12(18)11-8-5-4-7-6-14-13(20-2)15-9(7)10(8)16-17-11/h2*7-8,11H,6,9-10H2,1-5H3,(H,21,27);2*5-6,9H,7-8H2,1-4H3,(H2,19,25)(H,20,26);4-6H,3H2,1-2H3,(H,16,17). The van der Waals surface area contributed by atoms with Crippen LogP contribution in [0.5, 0.6) is 0 Å². The number of hydrogen-bond donors (Lipinski definition) is 7. The zero-order valence-corrected chi connectivity index (χ0v) is 82.7. The number of nitrogens with zero attached hydrogens (tertiary/aromatic N) is 19. The Kier molecular flexibility index (Phi) is 34.1. The first-order valence-corrected chi connectivity index (χ1v) is 48.7. The van der Waals surface area contributed by atoms with Crippen molar-refractivity contribution in [2.24, 2.45) is 11.5 Å². The molecule has 0 atom stereocenters. The molecule has 0 aliphatic rings. The highest BCUT2D eigenvalue weighted by Crippen LogP contribution is 2.34. The Morgan fingerprint density at radius 2 is 0.632 bits per heavy atom. The van der Waals surface area contributed by atoms with Gasteiger partial charge in [-0.25, -0.2) is 83.4 Å². The third-order valence-electron chi connectivity index (χ3n) is 18.8. The Morgan fingerprint density at radius 3 is 0.978 bits per heavy atom. The van der Waals surface area contributed by atoms with Crippen LogP contribution in [0, 0.1) is 0 Å². The number of H-pyrrole nitrogens is 1. The number of aromatic amines is 1. The Labute approximate surface area is 800 Å². The molecule has 9 N–H and O–H groups in total. The van der Waals surface area contributed by atoms with Crippen molar-refractivity contribution in [3.05, 3.63) is 120 Å². The maximum atomic E-state index is 12.7. The second-order valence-electron chi connectivity index (χ2n) is 33.3. The number of esters is 3. The molecule has 15 rings (SSSR count). The fraction of sp³-hybridized carbons (Fsp3) is 0.393. The quantitative estimate of drug-likeness (QED) is 0.0121. The molecule has 0 fully saturated rings. The van der Waals surface area contributed by atoms with Gasteiger partial charge in [-0.1, -0.05) is 89.1 Å². The average Bonchev–Trinajstić information content (AvgIpc) is 1.52. The molecule has 5 aromatic carbocycles. The summed E-state index contributed by atoms with van der Waals surface area (Å²) in [5, 5.41) is 46.2. The molecule has 0 radical (unpaired) electrons. The highest BCUT2D eigenvalue weighted by atomic mass is 32.2. The highest BCUT2D eigenvalue weighted by Gasteiger charge is 2.29. The first kappa shape index (κ1) is 103. The largest absolute Gasteiger partial charge is 0.461 e. The number of fused-ring (bicyclic) bond motifs is 15. The first-order valence-electron chi connectivity index (χ1n) is 42.6. The molecular formula is C89H106N26O16S5. The summed E-state index contributed by atoms with van der Waals surface area (Å²) >= 11 is 7.16. The van der Waals surface area contributed by atoms with Gasteiger partial charge in [-0.2, -0.15) is 25.5 Å². The Bertz CT molecular complexity index is 6990. The predicted molar refractivity (Wildman–Crippen MR) is 521 cm³/mol. The fourth-order valence-electron chi connectivity index (χ4n) is 13.4.